The Balaban J connectivity index is 3.01. The van der Waals surface area contributed by atoms with E-state index in [0.717, 1.165) is 30.7 Å². The van der Waals surface area contributed by atoms with Gasteiger partial charge >= 0.3 is 0 Å². The minimum absolute atomic E-state index is 0.0885. The second-order valence-corrected chi connectivity index (χ2v) is 6.21. The minimum Gasteiger partial charge on any atom is -0.329 e. The molecule has 1 aromatic rings. The number of likely N-dealkylation sites (N-methyl/N-ethyl adjacent to an activating group) is 1. The normalized spacial score (nSPS) is 13.8. The molecule has 2 nitrogen and oxygen atoms in total. The summed E-state index contributed by atoms with van der Waals surface area (Å²) < 4.78 is 0. The highest BCUT2D eigenvalue weighted by atomic mass is 35.5. The molecule has 2 N–H and O–H groups in total. The lowest BCUT2D eigenvalue weighted by Crippen LogP contribution is -2.52. The zero-order valence-corrected chi connectivity index (χ0v) is 14.1. The summed E-state index contributed by atoms with van der Waals surface area (Å²) in [5.41, 5.74) is 7.50. The number of rotatable bonds is 8. The van der Waals surface area contributed by atoms with Crippen molar-refractivity contribution in [2.75, 3.05) is 13.6 Å². The third-order valence-corrected chi connectivity index (χ3v) is 4.71. The molecule has 0 fully saturated rings. The molecule has 0 heterocycles. The first-order valence-corrected chi connectivity index (χ1v) is 8.07. The summed E-state index contributed by atoms with van der Waals surface area (Å²) in [5.74, 6) is 0. The molecule has 114 valence electrons. The summed E-state index contributed by atoms with van der Waals surface area (Å²) in [6.07, 6.45) is 4.59. The lowest BCUT2D eigenvalue weighted by atomic mass is 9.85. The van der Waals surface area contributed by atoms with Crippen molar-refractivity contribution in [1.82, 2.24) is 4.90 Å². The largest absolute Gasteiger partial charge is 0.329 e. The van der Waals surface area contributed by atoms with Gasteiger partial charge < -0.3 is 5.73 Å². The molecule has 0 bridgehead atoms. The van der Waals surface area contributed by atoms with Crippen molar-refractivity contribution in [3.8, 4) is 0 Å². The molecule has 3 heteroatoms. The Labute approximate surface area is 129 Å². The molecule has 20 heavy (non-hydrogen) atoms. The molecule has 0 amide bonds. The highest BCUT2D eigenvalue weighted by molar-refractivity contribution is 6.30. The summed E-state index contributed by atoms with van der Waals surface area (Å²) in [6.45, 7) is 7.41. The molecule has 0 aromatic heterocycles. The molecule has 1 rings (SSSR count). The Morgan fingerprint density at radius 2 is 1.85 bits per heavy atom. The van der Waals surface area contributed by atoms with Crippen LogP contribution in [0.4, 0.5) is 0 Å². The average Bonchev–Trinajstić information content (AvgIpc) is 2.45. The Kier molecular flexibility index (Phi) is 7.01. The Bertz CT molecular complexity index is 400. The fourth-order valence-corrected chi connectivity index (χ4v) is 3.36. The van der Waals surface area contributed by atoms with Gasteiger partial charge in [-0.15, -0.1) is 0 Å². The number of benzene rings is 1. The predicted molar refractivity (Wildman–Crippen MR) is 89.2 cm³/mol. The van der Waals surface area contributed by atoms with Gasteiger partial charge in [-0.1, -0.05) is 50.4 Å². The van der Waals surface area contributed by atoms with Gasteiger partial charge in [0.15, 0.2) is 0 Å². The van der Waals surface area contributed by atoms with Crippen LogP contribution in [0.5, 0.6) is 0 Å². The van der Waals surface area contributed by atoms with Crippen LogP contribution in [0.15, 0.2) is 24.3 Å². The van der Waals surface area contributed by atoms with Crippen LogP contribution in [-0.2, 0) is 0 Å². The van der Waals surface area contributed by atoms with Gasteiger partial charge in [-0.3, -0.25) is 4.90 Å². The quantitative estimate of drug-likeness (QED) is 0.758. The predicted octanol–water partition coefficient (Wildman–Crippen LogP) is 4.63. The number of nitrogens with zero attached hydrogens (tertiary/aromatic N) is 1. The van der Waals surface area contributed by atoms with E-state index in [1.54, 1.807) is 0 Å². The average molecular weight is 297 g/mol. The molecular formula is C17H29ClN2. The topological polar surface area (TPSA) is 29.3 Å². The second-order valence-electron chi connectivity index (χ2n) is 5.77. The Hall–Kier alpha value is -0.570. The number of halogens is 1. The van der Waals surface area contributed by atoms with Crippen molar-refractivity contribution in [2.45, 2.75) is 58.0 Å². The number of hydrogen-bond acceptors (Lipinski definition) is 2. The van der Waals surface area contributed by atoms with E-state index in [4.69, 9.17) is 17.3 Å². The van der Waals surface area contributed by atoms with E-state index in [1.165, 1.54) is 5.56 Å². The van der Waals surface area contributed by atoms with Gasteiger partial charge in [0.25, 0.3) is 0 Å². The fraction of sp³-hybridized carbons (Fsp3) is 0.647. The summed E-state index contributed by atoms with van der Waals surface area (Å²) in [7, 11) is 2.20. The van der Waals surface area contributed by atoms with Crippen LogP contribution in [0.25, 0.3) is 0 Å². The smallest absolute Gasteiger partial charge is 0.0409 e. The maximum absolute atomic E-state index is 6.16. The molecule has 0 aliphatic rings. The molecule has 0 radical (unpaired) electrons. The minimum atomic E-state index is 0.0885. The van der Waals surface area contributed by atoms with Crippen LogP contribution in [0.3, 0.4) is 0 Å². The Morgan fingerprint density at radius 3 is 2.30 bits per heavy atom. The van der Waals surface area contributed by atoms with E-state index in [1.807, 2.05) is 12.1 Å². The van der Waals surface area contributed by atoms with Gasteiger partial charge in [0, 0.05) is 23.1 Å². The third kappa shape index (κ3) is 3.97. The van der Waals surface area contributed by atoms with E-state index in [0.29, 0.717) is 12.6 Å². The maximum atomic E-state index is 6.16. The van der Waals surface area contributed by atoms with Crippen LogP contribution in [0.1, 0.15) is 58.1 Å². The SMILES string of the molecule is CCCC(CN)(CCC)N(C)C(C)c1cccc(Cl)c1. The lowest BCUT2D eigenvalue weighted by molar-refractivity contribution is 0.0656. The van der Waals surface area contributed by atoms with Crippen LogP contribution in [0, 0.1) is 0 Å². The van der Waals surface area contributed by atoms with Crippen molar-refractivity contribution in [3.05, 3.63) is 34.9 Å². The number of hydrogen-bond donors (Lipinski definition) is 1. The van der Waals surface area contributed by atoms with E-state index in [9.17, 15) is 0 Å². The van der Waals surface area contributed by atoms with Crippen LogP contribution in [-0.4, -0.2) is 24.0 Å². The fourth-order valence-electron chi connectivity index (χ4n) is 3.16. The van der Waals surface area contributed by atoms with E-state index >= 15 is 0 Å². The van der Waals surface area contributed by atoms with E-state index in [2.05, 4.69) is 44.9 Å². The monoisotopic (exact) mass is 296 g/mol. The molecule has 0 aliphatic heterocycles. The van der Waals surface area contributed by atoms with Crippen molar-refractivity contribution < 1.29 is 0 Å². The summed E-state index contributed by atoms with van der Waals surface area (Å²) in [5, 5.41) is 0.798. The molecule has 0 saturated carbocycles. The molecule has 1 aromatic carbocycles. The van der Waals surface area contributed by atoms with E-state index in [-0.39, 0.29) is 5.54 Å². The van der Waals surface area contributed by atoms with Crippen LogP contribution in [0.2, 0.25) is 5.02 Å². The van der Waals surface area contributed by atoms with Crippen molar-refractivity contribution in [3.63, 3.8) is 0 Å². The Morgan fingerprint density at radius 1 is 1.25 bits per heavy atom. The first kappa shape index (κ1) is 17.5. The van der Waals surface area contributed by atoms with Crippen molar-refractivity contribution in [2.24, 2.45) is 5.73 Å². The number of nitrogens with two attached hydrogens (primary N) is 1. The van der Waals surface area contributed by atoms with Crippen molar-refractivity contribution in [1.29, 1.82) is 0 Å². The highest BCUT2D eigenvalue weighted by Crippen LogP contribution is 2.33. The van der Waals surface area contributed by atoms with Crippen LogP contribution >= 0.6 is 11.6 Å². The third-order valence-electron chi connectivity index (χ3n) is 4.47. The molecule has 0 aliphatic carbocycles. The van der Waals surface area contributed by atoms with Gasteiger partial charge in [0.05, 0.1) is 0 Å². The first-order valence-electron chi connectivity index (χ1n) is 7.69. The summed E-state index contributed by atoms with van der Waals surface area (Å²) in [6, 6.07) is 8.46. The summed E-state index contributed by atoms with van der Waals surface area (Å²) >= 11 is 6.12. The molecular weight excluding hydrogens is 268 g/mol. The van der Waals surface area contributed by atoms with Gasteiger partial charge in [-0.05, 0) is 44.5 Å². The molecule has 1 unspecified atom stereocenters. The molecule has 0 spiro atoms. The molecule has 1 atom stereocenters. The van der Waals surface area contributed by atoms with Gasteiger partial charge in [-0.2, -0.15) is 0 Å². The zero-order valence-electron chi connectivity index (χ0n) is 13.3. The lowest BCUT2D eigenvalue weighted by Gasteiger charge is -2.45. The van der Waals surface area contributed by atoms with Gasteiger partial charge in [0.1, 0.15) is 0 Å². The van der Waals surface area contributed by atoms with Crippen molar-refractivity contribution >= 4 is 11.6 Å². The highest BCUT2D eigenvalue weighted by Gasteiger charge is 2.34. The van der Waals surface area contributed by atoms with Gasteiger partial charge in [0.2, 0.25) is 0 Å². The first-order chi connectivity index (χ1) is 9.50. The summed E-state index contributed by atoms with van der Waals surface area (Å²) in [4.78, 5) is 2.45. The maximum Gasteiger partial charge on any atom is 0.0409 e. The van der Waals surface area contributed by atoms with Gasteiger partial charge in [-0.25, -0.2) is 0 Å². The zero-order chi connectivity index (χ0) is 15.2. The standard InChI is InChI=1S/C17H29ClN2/c1-5-10-17(13-19,11-6-2)20(4)14(3)15-8-7-9-16(18)12-15/h7-9,12,14H,5-6,10-11,13,19H2,1-4H3. The molecule has 0 saturated heterocycles. The van der Waals surface area contributed by atoms with E-state index < -0.39 is 0 Å². The second kappa shape index (κ2) is 8.02. The van der Waals surface area contributed by atoms with Crippen LogP contribution < -0.4 is 5.73 Å².